The Kier molecular flexibility index (Phi) is 2.38. The molecule has 0 aliphatic heterocycles. The second kappa shape index (κ2) is 4.24. The van der Waals surface area contributed by atoms with Gasteiger partial charge in [-0.05, 0) is 30.3 Å². The van der Waals surface area contributed by atoms with Crippen molar-refractivity contribution < 1.29 is 9.90 Å². The van der Waals surface area contributed by atoms with Crippen molar-refractivity contribution in [1.29, 1.82) is 0 Å². The van der Waals surface area contributed by atoms with Gasteiger partial charge in [-0.3, -0.25) is 0 Å². The minimum absolute atomic E-state index is 0.288. The first kappa shape index (κ1) is 11.8. The van der Waals surface area contributed by atoms with Gasteiger partial charge in [0.2, 0.25) is 0 Å². The fourth-order valence-electron chi connectivity index (χ4n) is 2.73. The molecular weight excluding hydrogens is 264 g/mol. The Bertz CT molecular complexity index is 979. The largest absolute Gasteiger partial charge is 0.478 e. The molecule has 0 saturated heterocycles. The lowest BCUT2D eigenvalue weighted by atomic mass is 10.1. The number of fused-ring (bicyclic) bond motifs is 2. The van der Waals surface area contributed by atoms with Crippen molar-refractivity contribution in [2.75, 3.05) is 0 Å². The summed E-state index contributed by atoms with van der Waals surface area (Å²) in [5, 5.41) is 11.2. The molecule has 3 N–H and O–H groups in total. The topological polar surface area (TPSA) is 68.9 Å². The molecule has 0 saturated carbocycles. The van der Waals surface area contributed by atoms with Crippen LogP contribution in [0.1, 0.15) is 10.4 Å². The van der Waals surface area contributed by atoms with Crippen molar-refractivity contribution >= 4 is 27.8 Å². The molecule has 0 aliphatic carbocycles. The predicted molar refractivity (Wildman–Crippen MR) is 82.6 cm³/mol. The first-order chi connectivity index (χ1) is 10.2. The first-order valence-electron chi connectivity index (χ1n) is 6.65. The quantitative estimate of drug-likeness (QED) is 0.517. The molecule has 4 heteroatoms. The summed E-state index contributed by atoms with van der Waals surface area (Å²) in [5.41, 5.74) is 4.28. The number of carboxylic acid groups (broad SMARTS) is 1. The van der Waals surface area contributed by atoms with E-state index in [1.807, 2.05) is 36.5 Å². The number of benzene rings is 2. The molecule has 0 unspecified atom stereocenters. The van der Waals surface area contributed by atoms with Gasteiger partial charge in [0, 0.05) is 39.3 Å². The molecule has 2 aromatic heterocycles. The van der Waals surface area contributed by atoms with Crippen molar-refractivity contribution in [1.82, 2.24) is 9.97 Å². The summed E-state index contributed by atoms with van der Waals surface area (Å²) in [6, 6.07) is 15.3. The maximum Gasteiger partial charge on any atom is 0.335 e. The van der Waals surface area contributed by atoms with Gasteiger partial charge in [-0.1, -0.05) is 18.2 Å². The lowest BCUT2D eigenvalue weighted by molar-refractivity contribution is 0.0697. The highest BCUT2D eigenvalue weighted by Gasteiger charge is 2.09. The zero-order valence-corrected chi connectivity index (χ0v) is 11.1. The van der Waals surface area contributed by atoms with E-state index in [0.29, 0.717) is 0 Å². The van der Waals surface area contributed by atoms with Crippen LogP contribution in [0.4, 0.5) is 0 Å². The minimum Gasteiger partial charge on any atom is -0.478 e. The minimum atomic E-state index is -0.916. The van der Waals surface area contributed by atoms with Crippen LogP contribution in [0.5, 0.6) is 0 Å². The second-order valence-corrected chi connectivity index (χ2v) is 5.03. The highest BCUT2D eigenvalue weighted by Crippen LogP contribution is 2.30. The Balaban J connectivity index is 1.94. The number of rotatable bonds is 2. The SMILES string of the molecule is O=C(O)c1ccc2cc(-c3cccc4[nH]ccc34)[nH]c2c1. The van der Waals surface area contributed by atoms with Crippen molar-refractivity contribution in [3.05, 3.63) is 60.3 Å². The third-order valence-electron chi connectivity index (χ3n) is 3.75. The number of aromatic amines is 2. The monoisotopic (exact) mass is 276 g/mol. The predicted octanol–water partition coefficient (Wildman–Crippen LogP) is 4.01. The van der Waals surface area contributed by atoms with Crippen LogP contribution >= 0.6 is 0 Å². The molecule has 0 aliphatic rings. The van der Waals surface area contributed by atoms with Crippen LogP contribution in [-0.4, -0.2) is 21.0 Å². The van der Waals surface area contributed by atoms with E-state index in [1.54, 1.807) is 12.1 Å². The van der Waals surface area contributed by atoms with Gasteiger partial charge in [-0.25, -0.2) is 4.79 Å². The average Bonchev–Trinajstić information content (AvgIpc) is 3.12. The molecule has 0 spiro atoms. The number of H-pyrrole nitrogens is 2. The fraction of sp³-hybridized carbons (Fsp3) is 0. The van der Waals surface area contributed by atoms with Gasteiger partial charge in [0.1, 0.15) is 0 Å². The molecular formula is C17H12N2O2. The number of aromatic nitrogens is 2. The number of carbonyl (C=O) groups is 1. The van der Waals surface area contributed by atoms with Gasteiger partial charge in [0.05, 0.1) is 5.56 Å². The van der Waals surface area contributed by atoms with Crippen LogP contribution in [0.3, 0.4) is 0 Å². The summed E-state index contributed by atoms with van der Waals surface area (Å²) in [6.07, 6.45) is 1.92. The van der Waals surface area contributed by atoms with Gasteiger partial charge in [-0.2, -0.15) is 0 Å². The van der Waals surface area contributed by atoms with Gasteiger partial charge in [-0.15, -0.1) is 0 Å². The summed E-state index contributed by atoms with van der Waals surface area (Å²) in [6.45, 7) is 0. The molecule has 0 radical (unpaired) electrons. The van der Waals surface area contributed by atoms with E-state index in [1.165, 1.54) is 0 Å². The Morgan fingerprint density at radius 1 is 1.00 bits per heavy atom. The van der Waals surface area contributed by atoms with E-state index in [-0.39, 0.29) is 5.56 Å². The fourth-order valence-corrected chi connectivity index (χ4v) is 2.73. The smallest absolute Gasteiger partial charge is 0.335 e. The molecule has 0 amide bonds. The third kappa shape index (κ3) is 1.80. The normalized spacial score (nSPS) is 11.2. The summed E-state index contributed by atoms with van der Waals surface area (Å²) in [4.78, 5) is 17.6. The zero-order chi connectivity index (χ0) is 14.4. The van der Waals surface area contributed by atoms with E-state index < -0.39 is 5.97 Å². The lowest BCUT2D eigenvalue weighted by Crippen LogP contribution is -1.94. The molecule has 0 fully saturated rings. The lowest BCUT2D eigenvalue weighted by Gasteiger charge is -2.00. The van der Waals surface area contributed by atoms with E-state index in [0.717, 1.165) is 33.1 Å². The first-order valence-corrected chi connectivity index (χ1v) is 6.65. The summed E-state index contributed by atoms with van der Waals surface area (Å²) >= 11 is 0. The van der Waals surface area contributed by atoms with Crippen molar-refractivity contribution in [2.45, 2.75) is 0 Å². The van der Waals surface area contributed by atoms with Crippen LogP contribution < -0.4 is 0 Å². The molecule has 2 heterocycles. The molecule has 2 aromatic carbocycles. The highest BCUT2D eigenvalue weighted by atomic mass is 16.4. The molecule has 4 nitrogen and oxygen atoms in total. The molecule has 4 aromatic rings. The van der Waals surface area contributed by atoms with Gasteiger partial charge in [0.25, 0.3) is 0 Å². The van der Waals surface area contributed by atoms with Gasteiger partial charge >= 0.3 is 5.97 Å². The third-order valence-corrected chi connectivity index (χ3v) is 3.75. The maximum atomic E-state index is 11.0. The van der Waals surface area contributed by atoms with Gasteiger partial charge < -0.3 is 15.1 Å². The zero-order valence-electron chi connectivity index (χ0n) is 11.1. The van der Waals surface area contributed by atoms with E-state index in [2.05, 4.69) is 16.0 Å². The molecule has 0 bridgehead atoms. The van der Waals surface area contributed by atoms with E-state index in [9.17, 15) is 4.79 Å². The summed E-state index contributed by atoms with van der Waals surface area (Å²) in [5.74, 6) is -0.916. The summed E-state index contributed by atoms with van der Waals surface area (Å²) < 4.78 is 0. The highest BCUT2D eigenvalue weighted by molar-refractivity contribution is 5.99. The standard InChI is InChI=1S/C17H12N2O2/c20-17(21)11-5-4-10-8-16(19-15(10)9-11)12-2-1-3-14-13(12)6-7-18-14/h1-9,18-19H,(H,20,21). The molecule has 4 rings (SSSR count). The van der Waals surface area contributed by atoms with Crippen LogP contribution in [-0.2, 0) is 0 Å². The summed E-state index contributed by atoms with van der Waals surface area (Å²) in [7, 11) is 0. The van der Waals surface area contributed by atoms with Crippen LogP contribution in [0.15, 0.2) is 54.7 Å². The van der Waals surface area contributed by atoms with Crippen molar-refractivity contribution in [3.63, 3.8) is 0 Å². The number of nitrogens with one attached hydrogen (secondary N) is 2. The Morgan fingerprint density at radius 2 is 1.90 bits per heavy atom. The number of hydrogen-bond donors (Lipinski definition) is 3. The van der Waals surface area contributed by atoms with E-state index >= 15 is 0 Å². The average molecular weight is 276 g/mol. The molecule has 102 valence electrons. The molecule has 21 heavy (non-hydrogen) atoms. The van der Waals surface area contributed by atoms with Crippen LogP contribution in [0.2, 0.25) is 0 Å². The number of hydrogen-bond acceptors (Lipinski definition) is 1. The van der Waals surface area contributed by atoms with Gasteiger partial charge in [0.15, 0.2) is 0 Å². The Hall–Kier alpha value is -3.01. The Morgan fingerprint density at radius 3 is 2.76 bits per heavy atom. The second-order valence-electron chi connectivity index (χ2n) is 5.03. The maximum absolute atomic E-state index is 11.0. The molecule has 0 atom stereocenters. The van der Waals surface area contributed by atoms with E-state index in [4.69, 9.17) is 5.11 Å². The van der Waals surface area contributed by atoms with Crippen LogP contribution in [0.25, 0.3) is 33.1 Å². The van der Waals surface area contributed by atoms with Crippen LogP contribution in [0, 0.1) is 0 Å². The van der Waals surface area contributed by atoms with Crippen molar-refractivity contribution in [3.8, 4) is 11.3 Å². The number of carboxylic acids is 1. The number of aromatic carboxylic acids is 1. The van der Waals surface area contributed by atoms with Crippen molar-refractivity contribution in [2.24, 2.45) is 0 Å². The Labute approximate surface area is 120 Å².